The number of hydrogen-bond donors (Lipinski definition) is 1. The minimum absolute atomic E-state index is 0.0339. The molecular weight excluding hydrogens is 406 g/mol. The molecule has 2 aromatic heterocycles. The Morgan fingerprint density at radius 3 is 2.63 bits per heavy atom. The van der Waals surface area contributed by atoms with Crippen LogP contribution < -0.4 is 15.6 Å². The number of aromatic nitrogens is 4. The normalized spacial score (nSPS) is 11.5. The zero-order valence-corrected chi connectivity index (χ0v) is 18.5. The molecule has 0 unspecified atom stereocenters. The van der Waals surface area contributed by atoms with E-state index in [1.165, 1.54) is 6.07 Å². The SMILES string of the molecule is CC(C)COc1cc(=O)n(CC(=O)Nc2nc3ccc(Cl)cc3n2C)nc1C(C)C. The number of fused-ring (bicyclic) bond motifs is 1. The van der Waals surface area contributed by atoms with Crippen LogP contribution in [-0.2, 0) is 18.4 Å². The molecule has 3 aromatic rings. The topological polar surface area (TPSA) is 91.0 Å². The Hall–Kier alpha value is -2.87. The zero-order chi connectivity index (χ0) is 22.0. The van der Waals surface area contributed by atoms with Crippen LogP contribution in [0.15, 0.2) is 29.1 Å². The van der Waals surface area contributed by atoms with E-state index in [9.17, 15) is 9.59 Å². The first-order valence-electron chi connectivity index (χ1n) is 9.82. The van der Waals surface area contributed by atoms with Crippen molar-refractivity contribution in [2.24, 2.45) is 13.0 Å². The Kier molecular flexibility index (Phi) is 6.45. The van der Waals surface area contributed by atoms with E-state index in [4.69, 9.17) is 16.3 Å². The summed E-state index contributed by atoms with van der Waals surface area (Å²) in [5, 5.41) is 7.70. The van der Waals surface area contributed by atoms with Crippen molar-refractivity contribution in [3.63, 3.8) is 0 Å². The summed E-state index contributed by atoms with van der Waals surface area (Å²) in [5.74, 6) is 0.784. The summed E-state index contributed by atoms with van der Waals surface area (Å²) in [4.78, 5) is 29.5. The fourth-order valence-corrected chi connectivity index (χ4v) is 3.12. The summed E-state index contributed by atoms with van der Waals surface area (Å²) in [6, 6.07) is 6.69. The molecule has 30 heavy (non-hydrogen) atoms. The molecule has 160 valence electrons. The summed E-state index contributed by atoms with van der Waals surface area (Å²) < 4.78 is 8.63. The van der Waals surface area contributed by atoms with Gasteiger partial charge in [-0.05, 0) is 24.1 Å². The number of hydrogen-bond acceptors (Lipinski definition) is 5. The van der Waals surface area contributed by atoms with Crippen LogP contribution in [0.1, 0.15) is 39.3 Å². The third kappa shape index (κ3) is 4.81. The Morgan fingerprint density at radius 1 is 1.23 bits per heavy atom. The summed E-state index contributed by atoms with van der Waals surface area (Å²) in [6.45, 7) is 8.25. The first-order chi connectivity index (χ1) is 14.2. The number of rotatable bonds is 7. The maximum Gasteiger partial charge on any atom is 0.270 e. The highest BCUT2D eigenvalue weighted by Crippen LogP contribution is 2.23. The second kappa shape index (κ2) is 8.87. The molecule has 9 heteroatoms. The van der Waals surface area contributed by atoms with Crippen LogP contribution in [0, 0.1) is 5.92 Å². The minimum atomic E-state index is -0.403. The average Bonchev–Trinajstić information content (AvgIpc) is 2.96. The molecule has 1 N–H and O–H groups in total. The highest BCUT2D eigenvalue weighted by molar-refractivity contribution is 6.31. The molecule has 0 atom stereocenters. The molecule has 0 aliphatic rings. The molecule has 2 heterocycles. The van der Waals surface area contributed by atoms with E-state index in [0.717, 1.165) is 10.2 Å². The van der Waals surface area contributed by atoms with Crippen molar-refractivity contribution in [2.45, 2.75) is 40.2 Å². The fourth-order valence-electron chi connectivity index (χ4n) is 2.95. The maximum absolute atomic E-state index is 12.6. The van der Waals surface area contributed by atoms with Gasteiger partial charge in [-0.2, -0.15) is 5.10 Å². The predicted octanol–water partition coefficient (Wildman–Crippen LogP) is 3.58. The minimum Gasteiger partial charge on any atom is -0.491 e. The lowest BCUT2D eigenvalue weighted by Crippen LogP contribution is -2.31. The Balaban J connectivity index is 1.82. The number of nitrogens with one attached hydrogen (secondary N) is 1. The average molecular weight is 432 g/mol. The van der Waals surface area contributed by atoms with Gasteiger partial charge in [0.15, 0.2) is 0 Å². The number of carbonyl (C=O) groups is 1. The number of benzene rings is 1. The van der Waals surface area contributed by atoms with Gasteiger partial charge in [0, 0.05) is 24.1 Å². The van der Waals surface area contributed by atoms with Crippen molar-refractivity contribution in [1.82, 2.24) is 19.3 Å². The van der Waals surface area contributed by atoms with Crippen molar-refractivity contribution < 1.29 is 9.53 Å². The quantitative estimate of drug-likeness (QED) is 0.617. The van der Waals surface area contributed by atoms with Gasteiger partial charge in [0.1, 0.15) is 18.0 Å². The predicted molar refractivity (Wildman–Crippen MR) is 117 cm³/mol. The van der Waals surface area contributed by atoms with Crippen molar-refractivity contribution in [3.05, 3.63) is 45.3 Å². The van der Waals surface area contributed by atoms with E-state index in [0.29, 0.717) is 40.5 Å². The first kappa shape index (κ1) is 21.8. The molecular formula is C21H26ClN5O3. The third-order valence-corrected chi connectivity index (χ3v) is 4.73. The van der Waals surface area contributed by atoms with Crippen LogP contribution in [0.25, 0.3) is 11.0 Å². The lowest BCUT2D eigenvalue weighted by molar-refractivity contribution is -0.117. The number of carbonyl (C=O) groups excluding carboxylic acids is 1. The number of nitrogens with zero attached hydrogens (tertiary/aromatic N) is 4. The van der Waals surface area contributed by atoms with Gasteiger partial charge in [-0.3, -0.25) is 14.9 Å². The van der Waals surface area contributed by atoms with Crippen molar-refractivity contribution in [2.75, 3.05) is 11.9 Å². The van der Waals surface area contributed by atoms with Gasteiger partial charge in [0.25, 0.3) is 5.56 Å². The standard InChI is InChI=1S/C21H26ClN5O3/c1-12(2)11-30-17-9-19(29)27(25-20(17)13(3)4)10-18(28)24-21-23-15-7-6-14(22)8-16(15)26(21)5/h6-9,12-13H,10-11H2,1-5H3,(H,23,24,28). The molecule has 0 aliphatic carbocycles. The molecule has 0 saturated heterocycles. The molecule has 0 spiro atoms. The van der Waals surface area contributed by atoms with E-state index >= 15 is 0 Å². The van der Waals surface area contributed by atoms with Gasteiger partial charge in [0.05, 0.1) is 17.6 Å². The second-order valence-corrected chi connectivity index (χ2v) is 8.36. The van der Waals surface area contributed by atoms with Gasteiger partial charge in [-0.1, -0.05) is 39.3 Å². The highest BCUT2D eigenvalue weighted by atomic mass is 35.5. The van der Waals surface area contributed by atoms with Gasteiger partial charge in [-0.15, -0.1) is 0 Å². The van der Waals surface area contributed by atoms with Crippen molar-refractivity contribution >= 4 is 34.5 Å². The number of amides is 1. The van der Waals surface area contributed by atoms with Crippen LogP contribution >= 0.6 is 11.6 Å². The van der Waals surface area contributed by atoms with Crippen LogP contribution in [0.3, 0.4) is 0 Å². The van der Waals surface area contributed by atoms with Gasteiger partial charge < -0.3 is 9.30 Å². The van der Waals surface area contributed by atoms with E-state index in [1.54, 1.807) is 29.8 Å². The Bertz CT molecular complexity index is 1130. The largest absolute Gasteiger partial charge is 0.491 e. The molecule has 0 saturated carbocycles. The van der Waals surface area contributed by atoms with E-state index in [2.05, 4.69) is 15.4 Å². The zero-order valence-electron chi connectivity index (χ0n) is 17.8. The lowest BCUT2D eigenvalue weighted by Gasteiger charge is -2.16. The van der Waals surface area contributed by atoms with Crippen LogP contribution in [0.4, 0.5) is 5.95 Å². The third-order valence-electron chi connectivity index (χ3n) is 4.50. The summed E-state index contributed by atoms with van der Waals surface area (Å²) in [6.07, 6.45) is 0. The summed E-state index contributed by atoms with van der Waals surface area (Å²) >= 11 is 6.04. The van der Waals surface area contributed by atoms with Crippen LogP contribution in [0.2, 0.25) is 5.02 Å². The number of halogens is 1. The lowest BCUT2D eigenvalue weighted by atomic mass is 10.1. The molecule has 1 aromatic carbocycles. The molecule has 3 rings (SSSR count). The van der Waals surface area contributed by atoms with E-state index < -0.39 is 11.5 Å². The molecule has 0 radical (unpaired) electrons. The van der Waals surface area contributed by atoms with Crippen LogP contribution in [0.5, 0.6) is 5.75 Å². The number of ether oxygens (including phenoxy) is 1. The monoisotopic (exact) mass is 431 g/mol. The molecule has 1 amide bonds. The van der Waals surface area contributed by atoms with Gasteiger partial charge in [-0.25, -0.2) is 9.67 Å². The number of anilines is 1. The number of aryl methyl sites for hydroxylation is 1. The van der Waals surface area contributed by atoms with E-state index in [1.807, 2.05) is 27.7 Å². The van der Waals surface area contributed by atoms with Crippen LogP contribution in [-0.4, -0.2) is 31.8 Å². The summed E-state index contributed by atoms with van der Waals surface area (Å²) in [7, 11) is 1.78. The molecule has 0 aliphatic heterocycles. The second-order valence-electron chi connectivity index (χ2n) is 7.92. The first-order valence-corrected chi connectivity index (χ1v) is 10.2. The fraction of sp³-hybridized carbons (Fsp3) is 0.429. The highest BCUT2D eigenvalue weighted by Gasteiger charge is 2.17. The smallest absolute Gasteiger partial charge is 0.270 e. The van der Waals surface area contributed by atoms with E-state index in [-0.39, 0.29) is 12.5 Å². The number of imidazole rings is 1. The van der Waals surface area contributed by atoms with Gasteiger partial charge in [0.2, 0.25) is 11.9 Å². The Morgan fingerprint density at radius 2 is 1.97 bits per heavy atom. The molecule has 8 nitrogen and oxygen atoms in total. The molecule has 0 bridgehead atoms. The maximum atomic E-state index is 12.6. The van der Waals surface area contributed by atoms with Crippen molar-refractivity contribution in [1.29, 1.82) is 0 Å². The van der Waals surface area contributed by atoms with Crippen molar-refractivity contribution in [3.8, 4) is 5.75 Å². The summed E-state index contributed by atoms with van der Waals surface area (Å²) in [5.41, 5.74) is 1.74. The Labute approximate surface area is 179 Å². The van der Waals surface area contributed by atoms with Gasteiger partial charge >= 0.3 is 0 Å². The molecule has 0 fully saturated rings.